The van der Waals surface area contributed by atoms with E-state index in [4.69, 9.17) is 5.11 Å². The first-order valence-electron chi connectivity index (χ1n) is 4.80. The summed E-state index contributed by atoms with van der Waals surface area (Å²) < 4.78 is 0. The first-order valence-corrected chi connectivity index (χ1v) is 4.80. The van der Waals surface area contributed by atoms with Gasteiger partial charge in [-0.1, -0.05) is 6.07 Å². The summed E-state index contributed by atoms with van der Waals surface area (Å²) in [6.45, 7) is 0. The van der Waals surface area contributed by atoms with E-state index in [2.05, 4.69) is 20.2 Å². The van der Waals surface area contributed by atoms with Gasteiger partial charge in [0, 0.05) is 12.6 Å². The SMILES string of the molecule is O=C(O)CCc1nc(-c2ccccn2)n[nH]1. The Labute approximate surface area is 91.4 Å². The molecule has 82 valence electrons. The maximum Gasteiger partial charge on any atom is 0.303 e. The van der Waals surface area contributed by atoms with Gasteiger partial charge in [-0.3, -0.25) is 14.9 Å². The average molecular weight is 218 g/mol. The molecule has 0 unspecified atom stereocenters. The number of carboxylic acid groups (broad SMARTS) is 1. The molecule has 16 heavy (non-hydrogen) atoms. The lowest BCUT2D eigenvalue weighted by atomic mass is 10.3. The van der Waals surface area contributed by atoms with Crippen molar-refractivity contribution in [2.45, 2.75) is 12.8 Å². The van der Waals surface area contributed by atoms with E-state index >= 15 is 0 Å². The molecule has 6 nitrogen and oxygen atoms in total. The van der Waals surface area contributed by atoms with E-state index in [0.29, 0.717) is 23.8 Å². The Morgan fingerprint density at radius 1 is 1.44 bits per heavy atom. The van der Waals surface area contributed by atoms with Crippen molar-refractivity contribution in [2.24, 2.45) is 0 Å². The zero-order valence-corrected chi connectivity index (χ0v) is 8.42. The Morgan fingerprint density at radius 3 is 3.00 bits per heavy atom. The highest BCUT2D eigenvalue weighted by atomic mass is 16.4. The second-order valence-electron chi connectivity index (χ2n) is 3.21. The number of hydrogen-bond acceptors (Lipinski definition) is 4. The number of aliphatic carboxylic acids is 1. The number of hydrogen-bond donors (Lipinski definition) is 2. The third-order valence-corrected chi connectivity index (χ3v) is 2.00. The quantitative estimate of drug-likeness (QED) is 0.794. The molecule has 0 saturated heterocycles. The van der Waals surface area contributed by atoms with Crippen LogP contribution in [0.25, 0.3) is 11.5 Å². The van der Waals surface area contributed by atoms with Crippen LogP contribution in [0, 0.1) is 0 Å². The fraction of sp³-hybridized carbons (Fsp3) is 0.200. The van der Waals surface area contributed by atoms with E-state index < -0.39 is 5.97 Å². The number of H-pyrrole nitrogens is 1. The van der Waals surface area contributed by atoms with Crippen LogP contribution in [0.3, 0.4) is 0 Å². The molecule has 0 bridgehead atoms. The number of carboxylic acids is 1. The lowest BCUT2D eigenvalue weighted by Gasteiger charge is -1.91. The fourth-order valence-electron chi connectivity index (χ4n) is 1.24. The van der Waals surface area contributed by atoms with Gasteiger partial charge in [-0.25, -0.2) is 4.98 Å². The van der Waals surface area contributed by atoms with Crippen molar-refractivity contribution in [3.63, 3.8) is 0 Å². The maximum absolute atomic E-state index is 10.4. The van der Waals surface area contributed by atoms with Gasteiger partial charge >= 0.3 is 5.97 Å². The number of rotatable bonds is 4. The molecule has 0 aromatic carbocycles. The second kappa shape index (κ2) is 4.52. The van der Waals surface area contributed by atoms with Crippen molar-refractivity contribution in [2.75, 3.05) is 0 Å². The first kappa shape index (κ1) is 10.3. The van der Waals surface area contributed by atoms with E-state index in [-0.39, 0.29) is 6.42 Å². The molecule has 2 rings (SSSR count). The lowest BCUT2D eigenvalue weighted by molar-refractivity contribution is -0.137. The third-order valence-electron chi connectivity index (χ3n) is 2.00. The summed E-state index contributed by atoms with van der Waals surface area (Å²) in [5.74, 6) is 0.194. The van der Waals surface area contributed by atoms with Crippen LogP contribution in [-0.4, -0.2) is 31.2 Å². The van der Waals surface area contributed by atoms with Crippen molar-refractivity contribution in [3.05, 3.63) is 30.2 Å². The summed E-state index contributed by atoms with van der Waals surface area (Å²) in [5, 5.41) is 15.2. The molecule has 0 aliphatic rings. The van der Waals surface area contributed by atoms with Crippen molar-refractivity contribution in [1.29, 1.82) is 0 Å². The Morgan fingerprint density at radius 2 is 2.31 bits per heavy atom. The minimum atomic E-state index is -0.851. The zero-order chi connectivity index (χ0) is 11.4. The fourth-order valence-corrected chi connectivity index (χ4v) is 1.24. The molecule has 0 radical (unpaired) electrons. The molecule has 0 amide bonds. The van der Waals surface area contributed by atoms with Crippen LogP contribution in [0.2, 0.25) is 0 Å². The minimum Gasteiger partial charge on any atom is -0.481 e. The van der Waals surface area contributed by atoms with Gasteiger partial charge in [0.25, 0.3) is 0 Å². The molecule has 6 heteroatoms. The van der Waals surface area contributed by atoms with Gasteiger partial charge in [0.2, 0.25) is 0 Å². The van der Waals surface area contributed by atoms with Crippen LogP contribution in [0.15, 0.2) is 24.4 Å². The number of nitrogens with one attached hydrogen (secondary N) is 1. The highest BCUT2D eigenvalue weighted by molar-refractivity contribution is 5.66. The molecule has 2 aromatic heterocycles. The predicted octanol–water partition coefficient (Wildman–Crippen LogP) is 0.884. The number of carbonyl (C=O) groups is 1. The van der Waals surface area contributed by atoms with Crippen LogP contribution >= 0.6 is 0 Å². The summed E-state index contributed by atoms with van der Waals surface area (Å²) in [4.78, 5) is 18.6. The monoisotopic (exact) mass is 218 g/mol. The standard InChI is InChI=1S/C10H10N4O2/c15-9(16)5-4-8-12-10(14-13-8)7-3-1-2-6-11-7/h1-3,6H,4-5H2,(H,15,16)(H,12,13,14). The first-order chi connectivity index (χ1) is 7.75. The van der Waals surface area contributed by atoms with Crippen LogP contribution in [0.5, 0.6) is 0 Å². The van der Waals surface area contributed by atoms with Gasteiger partial charge < -0.3 is 5.11 Å². The highest BCUT2D eigenvalue weighted by Crippen LogP contribution is 2.10. The largest absolute Gasteiger partial charge is 0.481 e. The number of aromatic amines is 1. The molecule has 2 heterocycles. The van der Waals surface area contributed by atoms with Crippen molar-refractivity contribution in [3.8, 4) is 11.5 Å². The lowest BCUT2D eigenvalue weighted by Crippen LogP contribution is -1.98. The number of nitrogens with zero attached hydrogens (tertiary/aromatic N) is 3. The zero-order valence-electron chi connectivity index (χ0n) is 8.42. The van der Waals surface area contributed by atoms with Crippen LogP contribution < -0.4 is 0 Å². The summed E-state index contributed by atoms with van der Waals surface area (Å²) in [6, 6.07) is 5.45. The van der Waals surface area contributed by atoms with E-state index in [1.165, 1.54) is 0 Å². The van der Waals surface area contributed by atoms with Crippen LogP contribution in [0.1, 0.15) is 12.2 Å². The van der Waals surface area contributed by atoms with E-state index in [0.717, 1.165) is 0 Å². The number of pyridine rings is 1. The van der Waals surface area contributed by atoms with Crippen LogP contribution in [-0.2, 0) is 11.2 Å². The van der Waals surface area contributed by atoms with Gasteiger partial charge in [-0.05, 0) is 12.1 Å². The van der Waals surface area contributed by atoms with Crippen molar-refractivity contribution >= 4 is 5.97 Å². The molecular formula is C10H10N4O2. The number of aromatic nitrogens is 4. The van der Waals surface area contributed by atoms with Gasteiger partial charge in [-0.15, -0.1) is 0 Å². The van der Waals surface area contributed by atoms with Gasteiger partial charge in [0.05, 0.1) is 6.42 Å². The topological polar surface area (TPSA) is 91.8 Å². The molecule has 2 N–H and O–H groups in total. The Kier molecular flexibility index (Phi) is 2.90. The second-order valence-corrected chi connectivity index (χ2v) is 3.21. The van der Waals surface area contributed by atoms with Gasteiger partial charge in [0.1, 0.15) is 11.5 Å². The third kappa shape index (κ3) is 2.41. The molecule has 0 atom stereocenters. The average Bonchev–Trinajstić information content (AvgIpc) is 2.76. The molecule has 0 aliphatic carbocycles. The van der Waals surface area contributed by atoms with E-state index in [1.807, 2.05) is 12.1 Å². The summed E-state index contributed by atoms with van der Waals surface area (Å²) in [5.41, 5.74) is 0.667. The molecule has 0 spiro atoms. The summed E-state index contributed by atoms with van der Waals surface area (Å²) >= 11 is 0. The summed E-state index contributed by atoms with van der Waals surface area (Å²) in [7, 11) is 0. The Balaban J connectivity index is 2.11. The Bertz CT molecular complexity index is 481. The van der Waals surface area contributed by atoms with Gasteiger partial charge in [-0.2, -0.15) is 5.10 Å². The minimum absolute atomic E-state index is 0.0385. The summed E-state index contributed by atoms with van der Waals surface area (Å²) in [6.07, 6.45) is 2.04. The molecule has 0 aliphatic heterocycles. The van der Waals surface area contributed by atoms with Gasteiger partial charge in [0.15, 0.2) is 5.82 Å². The van der Waals surface area contributed by atoms with Crippen molar-refractivity contribution < 1.29 is 9.90 Å². The van der Waals surface area contributed by atoms with E-state index in [1.54, 1.807) is 12.3 Å². The van der Waals surface area contributed by atoms with E-state index in [9.17, 15) is 4.79 Å². The van der Waals surface area contributed by atoms with Crippen molar-refractivity contribution in [1.82, 2.24) is 20.2 Å². The molecule has 0 fully saturated rings. The van der Waals surface area contributed by atoms with Crippen LogP contribution in [0.4, 0.5) is 0 Å². The number of aryl methyl sites for hydroxylation is 1. The highest BCUT2D eigenvalue weighted by Gasteiger charge is 2.07. The molecule has 2 aromatic rings. The molecular weight excluding hydrogens is 208 g/mol. The molecule has 0 saturated carbocycles. The normalized spacial score (nSPS) is 10.2. The smallest absolute Gasteiger partial charge is 0.303 e. The Hall–Kier alpha value is -2.24. The predicted molar refractivity (Wildman–Crippen MR) is 55.6 cm³/mol. The maximum atomic E-state index is 10.4.